The summed E-state index contributed by atoms with van der Waals surface area (Å²) in [6.07, 6.45) is 3.99. The van der Waals surface area contributed by atoms with E-state index in [0.717, 1.165) is 21.9 Å². The van der Waals surface area contributed by atoms with Crippen molar-refractivity contribution in [1.82, 2.24) is 21.1 Å². The first-order valence-electron chi connectivity index (χ1n) is 18.3. The van der Waals surface area contributed by atoms with E-state index in [4.69, 9.17) is 44.0 Å². The first-order chi connectivity index (χ1) is 24.8. The molecule has 1 unspecified atom stereocenters. The van der Waals surface area contributed by atoms with Crippen LogP contribution in [0.5, 0.6) is 0 Å². The van der Waals surface area contributed by atoms with Crippen molar-refractivity contribution < 1.29 is 33.4 Å². The molecule has 11 nitrogen and oxygen atoms in total. The largest absolute Gasteiger partial charge is 0.460 e. The Morgan fingerprint density at radius 1 is 0.981 bits per heavy atom. The quantitative estimate of drug-likeness (QED) is 0.0907. The van der Waals surface area contributed by atoms with Gasteiger partial charge in [0.2, 0.25) is 15.6 Å². The summed E-state index contributed by atoms with van der Waals surface area (Å²) in [6, 6.07) is 8.96. The molecule has 2 aromatic rings. The summed E-state index contributed by atoms with van der Waals surface area (Å²) < 4.78 is 9.90. The highest BCUT2D eigenvalue weighted by Crippen LogP contribution is 2.38. The van der Waals surface area contributed by atoms with Gasteiger partial charge in [0, 0.05) is 6.54 Å². The standard InChI is InChI=1S/C39H57Cl3N4O7Si/c1-24(2)32(33(48)43-25(3)34(49)46-19-11-12-31(45-46)35(50)52-23-39(40,41)42)44-36(51)38(8,22-53-54(9,10)37(5,6)7)18-17-27-13-14-28-15-16-29(26(4)47)21-30(28)20-27/h13-18,20-21,24-26,31-32,45,47H,11-12,19,22-23H2,1-10H3,(H,43,48)(H,44,51)/b18-17+/t25-,26+,31?,32-,38+/m0/s1. The zero-order chi connectivity index (χ0) is 40.8. The lowest BCUT2D eigenvalue weighted by Gasteiger charge is -2.39. The van der Waals surface area contributed by atoms with Crippen LogP contribution in [0.3, 0.4) is 0 Å². The number of esters is 1. The van der Waals surface area contributed by atoms with Crippen LogP contribution in [-0.2, 0) is 28.3 Å². The molecule has 1 aliphatic heterocycles. The number of carbonyl (C=O) groups is 4. The van der Waals surface area contributed by atoms with Crippen molar-refractivity contribution in [3.05, 3.63) is 53.6 Å². The third-order valence-electron chi connectivity index (χ3n) is 10.2. The summed E-state index contributed by atoms with van der Waals surface area (Å²) in [6.45, 7) is 19.2. The van der Waals surface area contributed by atoms with E-state index >= 15 is 0 Å². The average molecular weight is 828 g/mol. The number of halogens is 3. The van der Waals surface area contributed by atoms with Crippen molar-refractivity contribution in [2.45, 2.75) is 114 Å². The SMILES string of the molecule is CC(C)[C@H](NC(=O)[C@](C)(/C=C/c1ccc2ccc([C@@H](C)O)cc2c1)CO[Si](C)(C)C(C)(C)C)C(=O)N[C@@H](C)C(=O)N1CCCC(C(=O)OCC(Cl)(Cl)Cl)N1. The number of aliphatic hydroxyl groups is 1. The third-order valence-corrected chi connectivity index (χ3v) is 15.0. The van der Waals surface area contributed by atoms with E-state index in [2.05, 4.69) is 49.9 Å². The summed E-state index contributed by atoms with van der Waals surface area (Å²) >= 11 is 17.1. The fourth-order valence-electron chi connectivity index (χ4n) is 5.47. The molecule has 0 saturated carbocycles. The molecule has 300 valence electrons. The Kier molecular flexibility index (Phi) is 15.6. The number of benzene rings is 2. The number of nitrogens with zero attached hydrogens (tertiary/aromatic N) is 1. The molecule has 1 fully saturated rings. The maximum atomic E-state index is 14.3. The van der Waals surface area contributed by atoms with Gasteiger partial charge in [0.25, 0.3) is 5.91 Å². The number of hydrogen-bond acceptors (Lipinski definition) is 8. The number of hydrogen-bond donors (Lipinski definition) is 4. The van der Waals surface area contributed by atoms with Gasteiger partial charge in [-0.15, -0.1) is 0 Å². The van der Waals surface area contributed by atoms with Crippen LogP contribution in [0, 0.1) is 11.3 Å². The first kappa shape index (κ1) is 45.7. The topological polar surface area (TPSA) is 146 Å². The Bertz CT molecular complexity index is 1690. The van der Waals surface area contributed by atoms with Crippen LogP contribution < -0.4 is 16.1 Å². The highest BCUT2D eigenvalue weighted by Gasteiger charge is 2.42. The van der Waals surface area contributed by atoms with Crippen molar-refractivity contribution in [1.29, 1.82) is 0 Å². The lowest BCUT2D eigenvalue weighted by atomic mass is 9.88. The van der Waals surface area contributed by atoms with Gasteiger partial charge >= 0.3 is 5.97 Å². The fourth-order valence-corrected chi connectivity index (χ4v) is 6.73. The number of hydrazine groups is 1. The normalized spacial score (nSPS) is 18.6. The van der Waals surface area contributed by atoms with Crippen LogP contribution in [0.2, 0.25) is 18.1 Å². The van der Waals surface area contributed by atoms with E-state index < -0.39 is 72.1 Å². The summed E-state index contributed by atoms with van der Waals surface area (Å²) in [7, 11) is -2.29. The molecule has 3 amide bonds. The van der Waals surface area contributed by atoms with Crippen LogP contribution in [0.25, 0.3) is 16.8 Å². The molecule has 0 aromatic heterocycles. The van der Waals surface area contributed by atoms with E-state index in [1.807, 2.05) is 62.4 Å². The number of alkyl halides is 3. The fraction of sp³-hybridized carbons (Fsp3) is 0.590. The second-order valence-corrected chi connectivity index (χ2v) is 23.6. The number of carbonyl (C=O) groups excluding carboxylic acids is 4. The van der Waals surface area contributed by atoms with Gasteiger partial charge in [0.05, 0.1) is 18.1 Å². The van der Waals surface area contributed by atoms with Crippen molar-refractivity contribution in [2.75, 3.05) is 19.8 Å². The van der Waals surface area contributed by atoms with Gasteiger partial charge in [-0.3, -0.25) is 24.2 Å². The van der Waals surface area contributed by atoms with Gasteiger partial charge in [0.15, 0.2) is 8.32 Å². The molecule has 0 radical (unpaired) electrons. The first-order valence-corrected chi connectivity index (χ1v) is 22.3. The molecule has 0 bridgehead atoms. The van der Waals surface area contributed by atoms with E-state index in [0.29, 0.717) is 19.4 Å². The summed E-state index contributed by atoms with van der Waals surface area (Å²) in [5.74, 6) is -2.41. The highest BCUT2D eigenvalue weighted by atomic mass is 35.6. The van der Waals surface area contributed by atoms with Crippen LogP contribution >= 0.6 is 34.8 Å². The molecule has 4 N–H and O–H groups in total. The number of aliphatic hydroxyl groups excluding tert-OH is 1. The Morgan fingerprint density at radius 2 is 1.63 bits per heavy atom. The Hall–Kier alpha value is -2.71. The molecule has 15 heteroatoms. The molecule has 1 aliphatic rings. The summed E-state index contributed by atoms with van der Waals surface area (Å²) in [4.78, 5) is 54.0. The van der Waals surface area contributed by atoms with Gasteiger partial charge in [-0.05, 0) is 91.7 Å². The van der Waals surface area contributed by atoms with Gasteiger partial charge in [0.1, 0.15) is 24.7 Å². The second-order valence-electron chi connectivity index (χ2n) is 16.3. The van der Waals surface area contributed by atoms with Gasteiger partial charge < -0.3 is 24.9 Å². The molecule has 0 aliphatic carbocycles. The van der Waals surface area contributed by atoms with Crippen molar-refractivity contribution >= 4 is 83.7 Å². The predicted molar refractivity (Wildman–Crippen MR) is 218 cm³/mol. The van der Waals surface area contributed by atoms with Crippen LogP contribution in [0.15, 0.2) is 42.5 Å². The minimum absolute atomic E-state index is 0.0821. The lowest BCUT2D eigenvalue weighted by Crippen LogP contribution is -2.61. The molecule has 1 heterocycles. The molecular formula is C39H57Cl3N4O7Si. The molecule has 0 spiro atoms. The van der Waals surface area contributed by atoms with Crippen molar-refractivity contribution in [3.63, 3.8) is 0 Å². The minimum Gasteiger partial charge on any atom is -0.460 e. The number of amides is 3. The number of fused-ring (bicyclic) bond motifs is 1. The maximum absolute atomic E-state index is 14.3. The molecule has 5 atom stereocenters. The smallest absolute Gasteiger partial charge is 0.325 e. The van der Waals surface area contributed by atoms with Gasteiger partial charge in [-0.25, -0.2) is 5.43 Å². The van der Waals surface area contributed by atoms with E-state index in [1.54, 1.807) is 20.8 Å². The zero-order valence-corrected chi connectivity index (χ0v) is 36.3. The van der Waals surface area contributed by atoms with Crippen LogP contribution in [0.1, 0.15) is 85.5 Å². The lowest BCUT2D eigenvalue weighted by molar-refractivity contribution is -0.152. The van der Waals surface area contributed by atoms with Crippen LogP contribution in [0.4, 0.5) is 0 Å². The van der Waals surface area contributed by atoms with Gasteiger partial charge in [-0.2, -0.15) is 0 Å². The minimum atomic E-state index is -2.29. The Balaban J connectivity index is 1.81. The second kappa shape index (κ2) is 18.5. The molecule has 1 saturated heterocycles. The third kappa shape index (κ3) is 12.7. The summed E-state index contributed by atoms with van der Waals surface area (Å²) in [5.41, 5.74) is 3.34. The van der Waals surface area contributed by atoms with Gasteiger partial charge in [-0.1, -0.05) is 106 Å². The Labute approximate surface area is 335 Å². The maximum Gasteiger partial charge on any atom is 0.325 e. The van der Waals surface area contributed by atoms with Crippen molar-refractivity contribution in [3.8, 4) is 0 Å². The monoisotopic (exact) mass is 826 g/mol. The van der Waals surface area contributed by atoms with E-state index in [-0.39, 0.29) is 17.6 Å². The number of ether oxygens (including phenoxy) is 1. The molecule has 3 rings (SSSR count). The van der Waals surface area contributed by atoms with E-state index in [9.17, 15) is 24.3 Å². The average Bonchev–Trinajstić information content (AvgIpc) is 3.09. The zero-order valence-electron chi connectivity index (χ0n) is 33.0. The van der Waals surface area contributed by atoms with Crippen LogP contribution in [-0.4, -0.2) is 83.8 Å². The number of nitrogens with one attached hydrogen (secondary N) is 3. The van der Waals surface area contributed by atoms with E-state index in [1.165, 1.54) is 5.01 Å². The van der Waals surface area contributed by atoms with Crippen molar-refractivity contribution in [2.24, 2.45) is 11.3 Å². The highest BCUT2D eigenvalue weighted by molar-refractivity contribution is 6.74. The number of rotatable bonds is 14. The molecular weight excluding hydrogens is 771 g/mol. The summed E-state index contributed by atoms with van der Waals surface area (Å²) in [5, 5.41) is 19.0. The predicted octanol–water partition coefficient (Wildman–Crippen LogP) is 6.99. The molecule has 54 heavy (non-hydrogen) atoms. The molecule has 2 aromatic carbocycles. The Morgan fingerprint density at radius 3 is 2.22 bits per heavy atom.